The molecule has 4 nitrogen and oxygen atoms in total. The van der Waals surface area contributed by atoms with Crippen LogP contribution < -0.4 is 4.90 Å². The number of aryl methyl sites for hydroxylation is 1. The van der Waals surface area contributed by atoms with Gasteiger partial charge >= 0.3 is 0 Å². The molecule has 0 aromatic carbocycles. The number of halogens is 3. The molecule has 0 radical (unpaired) electrons. The molecule has 140 valence electrons. The second kappa shape index (κ2) is 7.27. The van der Waals surface area contributed by atoms with Gasteiger partial charge in [0.25, 0.3) is 0 Å². The van der Waals surface area contributed by atoms with Crippen molar-refractivity contribution in [2.24, 2.45) is 5.92 Å². The fraction of sp³-hybridized carbons (Fsp3) is 0.300. The van der Waals surface area contributed by atoms with Crippen molar-refractivity contribution in [3.8, 4) is 0 Å². The smallest absolute Gasteiger partial charge is 0.151 e. The summed E-state index contributed by atoms with van der Waals surface area (Å²) in [6, 6.07) is 2.68. The van der Waals surface area contributed by atoms with Gasteiger partial charge in [0.05, 0.1) is 6.20 Å². The summed E-state index contributed by atoms with van der Waals surface area (Å²) in [7, 11) is 0. The van der Waals surface area contributed by atoms with E-state index in [0.29, 0.717) is 23.4 Å². The molecular formula is C20H18ClF2N3O. The summed E-state index contributed by atoms with van der Waals surface area (Å²) in [6.07, 6.45) is 8.92. The van der Waals surface area contributed by atoms with Crippen LogP contribution in [-0.2, 0) is 11.3 Å². The quantitative estimate of drug-likeness (QED) is 0.679. The van der Waals surface area contributed by atoms with Gasteiger partial charge in [0.2, 0.25) is 0 Å². The molecule has 1 fully saturated rings. The van der Waals surface area contributed by atoms with Crippen LogP contribution in [0, 0.1) is 24.5 Å². The predicted molar refractivity (Wildman–Crippen MR) is 99.2 cm³/mol. The zero-order valence-corrected chi connectivity index (χ0v) is 15.5. The zero-order valence-electron chi connectivity index (χ0n) is 14.8. The van der Waals surface area contributed by atoms with Crippen molar-refractivity contribution >= 4 is 17.3 Å². The minimum Gasteiger partial charge on any atom is -0.487 e. The van der Waals surface area contributed by atoms with Crippen LogP contribution in [0.2, 0.25) is 5.15 Å². The molecule has 1 saturated carbocycles. The van der Waals surface area contributed by atoms with E-state index < -0.39 is 11.6 Å². The first kappa shape index (κ1) is 17.9. The fourth-order valence-corrected chi connectivity index (χ4v) is 3.26. The molecule has 2 aromatic rings. The summed E-state index contributed by atoms with van der Waals surface area (Å²) >= 11 is 6.08. The van der Waals surface area contributed by atoms with Crippen molar-refractivity contribution in [3.05, 3.63) is 76.2 Å². The monoisotopic (exact) mass is 389 g/mol. The van der Waals surface area contributed by atoms with E-state index in [9.17, 15) is 8.78 Å². The largest absolute Gasteiger partial charge is 0.487 e. The summed E-state index contributed by atoms with van der Waals surface area (Å²) in [4.78, 5) is 10.1. The first-order chi connectivity index (χ1) is 13.0. The number of aromatic nitrogens is 2. The third kappa shape index (κ3) is 3.95. The van der Waals surface area contributed by atoms with Crippen LogP contribution in [-0.4, -0.2) is 16.5 Å². The molecule has 0 spiro atoms. The zero-order chi connectivity index (χ0) is 19.0. The van der Waals surface area contributed by atoms with Crippen LogP contribution in [0.25, 0.3) is 0 Å². The molecule has 1 aliphatic carbocycles. The van der Waals surface area contributed by atoms with E-state index in [1.807, 2.05) is 25.1 Å². The van der Waals surface area contributed by atoms with E-state index in [0.717, 1.165) is 42.1 Å². The molecule has 2 aromatic heterocycles. The molecule has 7 heteroatoms. The van der Waals surface area contributed by atoms with E-state index in [1.165, 1.54) is 0 Å². The summed E-state index contributed by atoms with van der Waals surface area (Å²) in [6.45, 7) is 2.58. The first-order valence-electron chi connectivity index (χ1n) is 8.75. The van der Waals surface area contributed by atoms with Gasteiger partial charge in [0.1, 0.15) is 29.0 Å². The maximum Gasteiger partial charge on any atom is 0.151 e. The van der Waals surface area contributed by atoms with Crippen LogP contribution in [0.15, 0.2) is 48.1 Å². The van der Waals surface area contributed by atoms with E-state index in [1.54, 1.807) is 6.20 Å². The predicted octanol–water partition coefficient (Wildman–Crippen LogP) is 4.93. The molecule has 4 rings (SSSR count). The minimum absolute atomic E-state index is 0.0491. The molecule has 0 N–H and O–H groups in total. The first-order valence-corrected chi connectivity index (χ1v) is 9.13. The van der Waals surface area contributed by atoms with Crippen molar-refractivity contribution in [2.45, 2.75) is 26.4 Å². The Morgan fingerprint density at radius 1 is 1.22 bits per heavy atom. The number of anilines is 1. The average molecular weight is 390 g/mol. The molecule has 0 bridgehead atoms. The van der Waals surface area contributed by atoms with Crippen LogP contribution in [0.3, 0.4) is 0 Å². The van der Waals surface area contributed by atoms with E-state index in [-0.39, 0.29) is 12.3 Å². The van der Waals surface area contributed by atoms with Gasteiger partial charge in [-0.15, -0.1) is 0 Å². The topological polar surface area (TPSA) is 38.2 Å². The van der Waals surface area contributed by atoms with E-state index >= 15 is 0 Å². The Kier molecular flexibility index (Phi) is 4.83. The highest BCUT2D eigenvalue weighted by Gasteiger charge is 2.32. The number of hydrogen-bond acceptors (Lipinski definition) is 4. The number of allylic oxidation sites excluding steroid dienone is 2. The third-order valence-corrected chi connectivity index (χ3v) is 4.87. The van der Waals surface area contributed by atoms with E-state index in [4.69, 9.17) is 16.3 Å². The number of hydrogen-bond donors (Lipinski definition) is 0. The molecule has 0 atom stereocenters. The lowest BCUT2D eigenvalue weighted by molar-refractivity contribution is 0.200. The number of rotatable bonds is 5. The highest BCUT2D eigenvalue weighted by Crippen LogP contribution is 2.42. The van der Waals surface area contributed by atoms with Gasteiger partial charge < -0.3 is 9.64 Å². The Balaban J connectivity index is 1.53. The lowest BCUT2D eigenvalue weighted by Crippen LogP contribution is -2.28. The Morgan fingerprint density at radius 3 is 2.78 bits per heavy atom. The van der Waals surface area contributed by atoms with Crippen LogP contribution in [0.1, 0.15) is 24.1 Å². The Hall–Kier alpha value is -2.47. The summed E-state index contributed by atoms with van der Waals surface area (Å²) in [5.41, 5.74) is 3.30. The van der Waals surface area contributed by atoms with Crippen molar-refractivity contribution in [2.75, 3.05) is 11.4 Å². The van der Waals surface area contributed by atoms with Gasteiger partial charge in [0, 0.05) is 30.2 Å². The van der Waals surface area contributed by atoms with Gasteiger partial charge in [-0.3, -0.25) is 4.98 Å². The molecule has 27 heavy (non-hydrogen) atoms. The summed E-state index contributed by atoms with van der Waals surface area (Å²) < 4.78 is 32.4. The van der Waals surface area contributed by atoms with Crippen LogP contribution in [0.4, 0.5) is 14.5 Å². The number of nitrogens with zero attached hydrogens (tertiary/aromatic N) is 3. The molecule has 2 aliphatic rings. The average Bonchev–Trinajstić information content (AvgIpc) is 3.48. The van der Waals surface area contributed by atoms with Gasteiger partial charge in [0.15, 0.2) is 5.82 Å². The SMILES string of the molecule is Cc1cnc(Cl)cc1N1CC=C(OCc2ncc(F)cc2F)C=C1C1CC1. The van der Waals surface area contributed by atoms with Gasteiger partial charge in [-0.25, -0.2) is 13.8 Å². The Morgan fingerprint density at radius 2 is 2.04 bits per heavy atom. The van der Waals surface area contributed by atoms with Crippen molar-refractivity contribution in [3.63, 3.8) is 0 Å². The second-order valence-electron chi connectivity index (χ2n) is 6.72. The van der Waals surface area contributed by atoms with Crippen molar-refractivity contribution < 1.29 is 13.5 Å². The maximum atomic E-state index is 13.7. The van der Waals surface area contributed by atoms with Gasteiger partial charge in [-0.1, -0.05) is 11.6 Å². The second-order valence-corrected chi connectivity index (χ2v) is 7.11. The normalized spacial score (nSPS) is 16.8. The molecule has 3 heterocycles. The summed E-state index contributed by atoms with van der Waals surface area (Å²) in [5.74, 6) is -0.270. The Labute approximate surface area is 161 Å². The van der Waals surface area contributed by atoms with E-state index in [2.05, 4.69) is 14.9 Å². The maximum absolute atomic E-state index is 13.7. The van der Waals surface area contributed by atoms with Crippen molar-refractivity contribution in [1.29, 1.82) is 0 Å². The van der Waals surface area contributed by atoms with Crippen LogP contribution >= 0.6 is 11.6 Å². The molecule has 0 unspecified atom stereocenters. The summed E-state index contributed by atoms with van der Waals surface area (Å²) in [5, 5.41) is 0.453. The van der Waals surface area contributed by atoms with Gasteiger partial charge in [-0.2, -0.15) is 0 Å². The Bertz CT molecular complexity index is 941. The third-order valence-electron chi connectivity index (χ3n) is 4.66. The fourth-order valence-electron chi connectivity index (χ4n) is 3.10. The molecule has 0 amide bonds. The lowest BCUT2D eigenvalue weighted by Gasteiger charge is -2.31. The minimum atomic E-state index is -0.707. The number of pyridine rings is 2. The highest BCUT2D eigenvalue weighted by atomic mass is 35.5. The molecular weight excluding hydrogens is 372 g/mol. The highest BCUT2D eigenvalue weighted by molar-refractivity contribution is 6.29. The van der Waals surface area contributed by atoms with Crippen molar-refractivity contribution in [1.82, 2.24) is 9.97 Å². The lowest BCUT2D eigenvalue weighted by atomic mass is 10.1. The standard InChI is InChI=1S/C20H18ClF2N3O/c1-12-9-25-20(21)8-18(12)26-5-4-15(7-19(26)13-2-3-13)27-11-17-16(23)6-14(22)10-24-17/h4,6-10,13H,2-3,5,11H2,1H3. The molecule has 0 saturated heterocycles. The number of ether oxygens (including phenoxy) is 1. The van der Waals surface area contributed by atoms with Crippen LogP contribution in [0.5, 0.6) is 0 Å². The molecule has 1 aliphatic heterocycles. The van der Waals surface area contributed by atoms with Gasteiger partial charge in [-0.05, 0) is 49.5 Å².